The van der Waals surface area contributed by atoms with E-state index in [-0.39, 0.29) is 10.9 Å². The smallest absolute Gasteiger partial charge is 0.375 e. The lowest BCUT2D eigenvalue weighted by molar-refractivity contribution is -0.123. The molecule has 0 aliphatic heterocycles. The van der Waals surface area contributed by atoms with Gasteiger partial charge in [0.25, 0.3) is 5.91 Å². The van der Waals surface area contributed by atoms with Crippen LogP contribution in [0.2, 0.25) is 5.15 Å². The third kappa shape index (κ3) is 3.66. The zero-order valence-corrected chi connectivity index (χ0v) is 16.2. The molecule has 140 valence electrons. The van der Waals surface area contributed by atoms with Gasteiger partial charge < -0.3 is 14.5 Å². The van der Waals surface area contributed by atoms with Gasteiger partial charge in [-0.05, 0) is 51.0 Å². The highest BCUT2D eigenvalue weighted by Crippen LogP contribution is 2.31. The fourth-order valence-electron chi connectivity index (χ4n) is 2.85. The van der Waals surface area contributed by atoms with Crippen molar-refractivity contribution >= 4 is 40.1 Å². The molecule has 0 fully saturated rings. The number of rotatable bonds is 4. The molecule has 6 nitrogen and oxygen atoms in total. The number of esters is 1. The van der Waals surface area contributed by atoms with Crippen molar-refractivity contribution in [3.63, 3.8) is 0 Å². The van der Waals surface area contributed by atoms with Crippen molar-refractivity contribution in [1.82, 2.24) is 4.98 Å². The van der Waals surface area contributed by atoms with Gasteiger partial charge in [0, 0.05) is 17.1 Å². The molecule has 0 saturated carbocycles. The summed E-state index contributed by atoms with van der Waals surface area (Å²) in [4.78, 5) is 28.7. The van der Waals surface area contributed by atoms with Crippen LogP contribution in [0.4, 0.5) is 5.69 Å². The van der Waals surface area contributed by atoms with E-state index in [4.69, 9.17) is 20.8 Å². The molecule has 1 amide bonds. The minimum absolute atomic E-state index is 0.0986. The maximum atomic E-state index is 12.6. The van der Waals surface area contributed by atoms with Gasteiger partial charge in [0.2, 0.25) is 5.76 Å². The Morgan fingerprint density at radius 1 is 1.19 bits per heavy atom. The summed E-state index contributed by atoms with van der Waals surface area (Å²) in [7, 11) is 0. The molecule has 0 saturated heterocycles. The number of carbonyl (C=O) groups excluding carboxylic acids is 2. The van der Waals surface area contributed by atoms with Gasteiger partial charge >= 0.3 is 5.97 Å². The molecule has 3 aromatic rings. The number of carbonyl (C=O) groups is 2. The summed E-state index contributed by atoms with van der Waals surface area (Å²) in [6, 6.07) is 7.16. The van der Waals surface area contributed by atoms with E-state index in [1.807, 2.05) is 26.0 Å². The van der Waals surface area contributed by atoms with Crippen LogP contribution in [0.15, 0.2) is 34.9 Å². The maximum Gasteiger partial charge on any atom is 0.375 e. The molecule has 0 spiro atoms. The highest BCUT2D eigenvalue weighted by atomic mass is 35.5. The summed E-state index contributed by atoms with van der Waals surface area (Å²) in [6.45, 7) is 7.14. The number of aromatic nitrogens is 1. The second kappa shape index (κ2) is 7.40. The van der Waals surface area contributed by atoms with Gasteiger partial charge in [-0.25, -0.2) is 9.78 Å². The zero-order chi connectivity index (χ0) is 19.7. The number of fused-ring (bicyclic) bond motifs is 1. The summed E-state index contributed by atoms with van der Waals surface area (Å²) in [6.07, 6.45) is 0.471. The van der Waals surface area contributed by atoms with Crippen LogP contribution in [-0.4, -0.2) is 23.0 Å². The Hall–Kier alpha value is -2.86. The number of halogens is 1. The van der Waals surface area contributed by atoms with Crippen molar-refractivity contribution in [2.75, 3.05) is 5.32 Å². The monoisotopic (exact) mass is 386 g/mol. The molecule has 2 aromatic heterocycles. The van der Waals surface area contributed by atoms with Crippen molar-refractivity contribution in [2.24, 2.45) is 0 Å². The van der Waals surface area contributed by atoms with E-state index in [0.717, 1.165) is 16.5 Å². The van der Waals surface area contributed by atoms with Gasteiger partial charge in [0.05, 0.1) is 5.69 Å². The first-order chi connectivity index (χ1) is 12.8. The van der Waals surface area contributed by atoms with E-state index in [0.29, 0.717) is 16.8 Å². The zero-order valence-electron chi connectivity index (χ0n) is 15.4. The normalized spacial score (nSPS) is 12.0. The van der Waals surface area contributed by atoms with Gasteiger partial charge in [-0.15, -0.1) is 0 Å². The molecule has 0 unspecified atom stereocenters. The third-order valence-corrected chi connectivity index (χ3v) is 4.64. The van der Waals surface area contributed by atoms with Gasteiger partial charge in [-0.1, -0.05) is 23.7 Å². The van der Waals surface area contributed by atoms with Crippen molar-refractivity contribution < 1.29 is 18.7 Å². The van der Waals surface area contributed by atoms with E-state index < -0.39 is 18.0 Å². The second-order valence-corrected chi connectivity index (χ2v) is 6.70. The number of amides is 1. The van der Waals surface area contributed by atoms with Crippen LogP contribution in [0, 0.1) is 20.8 Å². The lowest BCUT2D eigenvalue weighted by atomic mass is 10.0. The van der Waals surface area contributed by atoms with Crippen molar-refractivity contribution in [3.05, 3.63) is 58.1 Å². The quantitative estimate of drug-likeness (QED) is 0.523. The largest absolute Gasteiger partial charge is 0.448 e. The summed E-state index contributed by atoms with van der Waals surface area (Å²) >= 11 is 5.92. The number of anilines is 1. The number of benzene rings is 1. The van der Waals surface area contributed by atoms with Gasteiger partial charge in [-0.3, -0.25) is 4.79 Å². The standard InChI is InChI=1S/C20H19ClN2O4/c1-10-7-8-11(2)16-15(10)12(3)17(27-16)20(25)26-13(4)19(24)23-14-6-5-9-22-18(14)21/h5-9,13H,1-4H3,(H,23,24)/t13-/m1/s1. The summed E-state index contributed by atoms with van der Waals surface area (Å²) < 4.78 is 11.0. The molecular weight excluding hydrogens is 368 g/mol. The predicted molar refractivity (Wildman–Crippen MR) is 103 cm³/mol. The summed E-state index contributed by atoms with van der Waals surface area (Å²) in [5.74, 6) is -1.11. The Bertz CT molecular complexity index is 1040. The van der Waals surface area contributed by atoms with Crippen LogP contribution in [-0.2, 0) is 9.53 Å². The number of aryl methyl sites for hydroxylation is 3. The molecule has 1 atom stereocenters. The fourth-order valence-corrected chi connectivity index (χ4v) is 3.02. The Morgan fingerprint density at radius 2 is 1.89 bits per heavy atom. The minimum atomic E-state index is -1.04. The van der Waals surface area contributed by atoms with Crippen LogP contribution in [0.25, 0.3) is 11.0 Å². The van der Waals surface area contributed by atoms with E-state index >= 15 is 0 Å². The van der Waals surface area contributed by atoms with Crippen LogP contribution in [0.5, 0.6) is 0 Å². The number of hydrogen-bond acceptors (Lipinski definition) is 5. The van der Waals surface area contributed by atoms with Crippen LogP contribution < -0.4 is 5.32 Å². The lowest BCUT2D eigenvalue weighted by Crippen LogP contribution is -2.30. The number of nitrogens with one attached hydrogen (secondary N) is 1. The number of hydrogen-bond donors (Lipinski definition) is 1. The Balaban J connectivity index is 1.79. The molecule has 3 rings (SSSR count). The minimum Gasteiger partial charge on any atom is -0.448 e. The summed E-state index contributed by atoms with van der Waals surface area (Å²) in [5, 5.41) is 3.63. The summed E-state index contributed by atoms with van der Waals surface area (Å²) in [5.41, 5.74) is 3.62. The fraction of sp³-hybridized carbons (Fsp3) is 0.250. The third-order valence-electron chi connectivity index (χ3n) is 4.34. The molecule has 1 aromatic carbocycles. The van der Waals surface area contributed by atoms with Crippen molar-refractivity contribution in [1.29, 1.82) is 0 Å². The average molecular weight is 387 g/mol. The molecule has 0 radical (unpaired) electrons. The van der Waals surface area contributed by atoms with Crippen molar-refractivity contribution in [3.8, 4) is 0 Å². The number of nitrogens with zero attached hydrogens (tertiary/aromatic N) is 1. The van der Waals surface area contributed by atoms with E-state index in [1.54, 1.807) is 19.1 Å². The Kier molecular flexibility index (Phi) is 5.19. The number of furan rings is 1. The number of ether oxygens (including phenoxy) is 1. The topological polar surface area (TPSA) is 81.4 Å². The highest BCUT2D eigenvalue weighted by Gasteiger charge is 2.25. The van der Waals surface area contributed by atoms with Crippen LogP contribution in [0.3, 0.4) is 0 Å². The van der Waals surface area contributed by atoms with Gasteiger partial charge in [-0.2, -0.15) is 0 Å². The van der Waals surface area contributed by atoms with E-state index in [2.05, 4.69) is 10.3 Å². The van der Waals surface area contributed by atoms with Crippen LogP contribution in [0.1, 0.15) is 34.2 Å². The van der Waals surface area contributed by atoms with Gasteiger partial charge in [0.1, 0.15) is 5.58 Å². The molecule has 0 bridgehead atoms. The second-order valence-electron chi connectivity index (χ2n) is 6.34. The maximum absolute atomic E-state index is 12.6. The Morgan fingerprint density at radius 3 is 2.56 bits per heavy atom. The molecule has 27 heavy (non-hydrogen) atoms. The molecular formula is C20H19ClN2O4. The first-order valence-corrected chi connectivity index (χ1v) is 8.79. The molecule has 1 N–H and O–H groups in total. The number of pyridine rings is 1. The molecule has 7 heteroatoms. The molecule has 0 aliphatic rings. The van der Waals surface area contributed by atoms with Crippen molar-refractivity contribution in [2.45, 2.75) is 33.8 Å². The van der Waals surface area contributed by atoms with Crippen LogP contribution >= 0.6 is 11.6 Å². The van der Waals surface area contributed by atoms with Gasteiger partial charge in [0.15, 0.2) is 11.3 Å². The average Bonchev–Trinajstić information content (AvgIpc) is 2.99. The highest BCUT2D eigenvalue weighted by molar-refractivity contribution is 6.32. The first kappa shape index (κ1) is 18.9. The molecule has 0 aliphatic carbocycles. The Labute approximate surface area is 161 Å². The SMILES string of the molecule is Cc1ccc(C)c2c(C)c(C(=O)O[C@H](C)C(=O)Nc3cccnc3Cl)oc12. The predicted octanol–water partition coefficient (Wildman–Crippen LogP) is 4.59. The molecule has 2 heterocycles. The first-order valence-electron chi connectivity index (χ1n) is 8.41. The van der Waals surface area contributed by atoms with E-state index in [1.165, 1.54) is 13.1 Å². The van der Waals surface area contributed by atoms with E-state index in [9.17, 15) is 9.59 Å². The lowest BCUT2D eigenvalue weighted by Gasteiger charge is -2.13.